The number of nitrogens with zero attached hydrogens (tertiary/aromatic N) is 1. The van der Waals surface area contributed by atoms with Gasteiger partial charge in [0.2, 0.25) is 10.0 Å². The molecule has 0 saturated carbocycles. The number of benzene rings is 1. The normalized spacial score (nSPS) is 11.2. The van der Waals surface area contributed by atoms with E-state index in [1.165, 1.54) is 5.56 Å². The number of nitrogens with one attached hydrogen (secondary N) is 2. The molecule has 1 aromatic carbocycles. The molecule has 2 rings (SSSR count). The third-order valence-corrected chi connectivity index (χ3v) is 4.62. The van der Waals surface area contributed by atoms with Crippen molar-refractivity contribution in [2.75, 3.05) is 15.8 Å². The summed E-state index contributed by atoms with van der Waals surface area (Å²) in [6, 6.07) is 9.61. The van der Waals surface area contributed by atoms with Gasteiger partial charge in [-0.3, -0.25) is 4.72 Å². The molecule has 1 heterocycles. The van der Waals surface area contributed by atoms with Gasteiger partial charge in [0, 0.05) is 5.69 Å². The standard InChI is InChI=1S/C16H21N3O2S/c1-4-9-22(20,21)19-16-8-6-14(11-17-16)18-15-7-5-12(2)10-13(15)3/h5-8,10-11,18H,4,9H2,1-3H3,(H,17,19). The van der Waals surface area contributed by atoms with Gasteiger partial charge in [0.15, 0.2) is 0 Å². The van der Waals surface area contributed by atoms with Crippen molar-refractivity contribution in [3.63, 3.8) is 0 Å². The predicted octanol–water partition coefficient (Wildman–Crippen LogP) is 3.59. The smallest absolute Gasteiger partial charge is 0.233 e. The predicted molar refractivity (Wildman–Crippen MR) is 91.1 cm³/mol. The highest BCUT2D eigenvalue weighted by molar-refractivity contribution is 7.92. The summed E-state index contributed by atoms with van der Waals surface area (Å²) in [5, 5.41) is 3.27. The largest absolute Gasteiger partial charge is 0.354 e. The third-order valence-electron chi connectivity index (χ3n) is 3.16. The van der Waals surface area contributed by atoms with Gasteiger partial charge in [-0.1, -0.05) is 24.6 Å². The minimum absolute atomic E-state index is 0.0945. The van der Waals surface area contributed by atoms with Gasteiger partial charge in [-0.15, -0.1) is 0 Å². The van der Waals surface area contributed by atoms with Crippen molar-refractivity contribution in [1.29, 1.82) is 0 Å². The Bertz CT molecular complexity index is 740. The molecule has 0 aliphatic carbocycles. The summed E-state index contributed by atoms with van der Waals surface area (Å²) in [7, 11) is -3.30. The minimum atomic E-state index is -3.30. The van der Waals surface area contributed by atoms with Crippen molar-refractivity contribution >= 4 is 27.2 Å². The van der Waals surface area contributed by atoms with E-state index in [1.807, 2.05) is 26.0 Å². The van der Waals surface area contributed by atoms with E-state index >= 15 is 0 Å². The highest BCUT2D eigenvalue weighted by atomic mass is 32.2. The molecule has 1 aromatic heterocycles. The third kappa shape index (κ3) is 4.46. The van der Waals surface area contributed by atoms with Crippen molar-refractivity contribution in [2.24, 2.45) is 0 Å². The molecule has 0 amide bonds. The zero-order chi connectivity index (χ0) is 16.2. The van der Waals surface area contributed by atoms with Gasteiger partial charge in [-0.2, -0.15) is 0 Å². The van der Waals surface area contributed by atoms with Crippen LogP contribution in [-0.2, 0) is 10.0 Å². The number of aryl methyl sites for hydroxylation is 2. The van der Waals surface area contributed by atoms with Gasteiger partial charge in [-0.25, -0.2) is 13.4 Å². The Morgan fingerprint density at radius 2 is 1.91 bits per heavy atom. The highest BCUT2D eigenvalue weighted by Crippen LogP contribution is 2.21. The SMILES string of the molecule is CCCS(=O)(=O)Nc1ccc(Nc2ccc(C)cc2C)cn1. The maximum atomic E-state index is 11.7. The lowest BCUT2D eigenvalue weighted by Gasteiger charge is -2.11. The molecule has 6 heteroatoms. The average molecular weight is 319 g/mol. The van der Waals surface area contributed by atoms with Crippen LogP contribution in [0.3, 0.4) is 0 Å². The van der Waals surface area contributed by atoms with Crippen LogP contribution in [0.1, 0.15) is 24.5 Å². The van der Waals surface area contributed by atoms with E-state index in [0.717, 1.165) is 16.9 Å². The summed E-state index contributed by atoms with van der Waals surface area (Å²) in [6.07, 6.45) is 2.19. The van der Waals surface area contributed by atoms with Gasteiger partial charge in [-0.05, 0) is 44.0 Å². The summed E-state index contributed by atoms with van der Waals surface area (Å²) in [5.41, 5.74) is 4.17. The van der Waals surface area contributed by atoms with Gasteiger partial charge in [0.05, 0.1) is 17.6 Å². The highest BCUT2D eigenvalue weighted by Gasteiger charge is 2.09. The lowest BCUT2D eigenvalue weighted by Crippen LogP contribution is -2.16. The lowest BCUT2D eigenvalue weighted by molar-refractivity contribution is 0.599. The van der Waals surface area contributed by atoms with Gasteiger partial charge < -0.3 is 5.32 Å². The van der Waals surface area contributed by atoms with Crippen molar-refractivity contribution < 1.29 is 8.42 Å². The van der Waals surface area contributed by atoms with Crippen molar-refractivity contribution in [1.82, 2.24) is 4.98 Å². The molecule has 0 unspecified atom stereocenters. The number of aromatic nitrogens is 1. The Morgan fingerprint density at radius 1 is 1.14 bits per heavy atom. The molecule has 0 fully saturated rings. The minimum Gasteiger partial charge on any atom is -0.354 e. The Kier molecular flexibility index (Phi) is 5.03. The molecule has 0 radical (unpaired) electrons. The lowest BCUT2D eigenvalue weighted by atomic mass is 10.1. The first kappa shape index (κ1) is 16.3. The van der Waals surface area contributed by atoms with Crippen LogP contribution < -0.4 is 10.0 Å². The zero-order valence-electron chi connectivity index (χ0n) is 13.1. The first-order valence-corrected chi connectivity index (χ1v) is 8.85. The van der Waals surface area contributed by atoms with Crippen LogP contribution >= 0.6 is 0 Å². The number of rotatable bonds is 6. The molecule has 0 bridgehead atoms. The van der Waals surface area contributed by atoms with Gasteiger partial charge >= 0.3 is 0 Å². The summed E-state index contributed by atoms with van der Waals surface area (Å²) < 4.78 is 25.8. The molecule has 22 heavy (non-hydrogen) atoms. The second-order valence-corrected chi connectivity index (χ2v) is 7.14. The zero-order valence-corrected chi connectivity index (χ0v) is 13.9. The van der Waals surface area contributed by atoms with Crippen molar-refractivity contribution in [2.45, 2.75) is 27.2 Å². The molecule has 2 N–H and O–H groups in total. The van der Waals surface area contributed by atoms with Crippen LogP contribution in [0.2, 0.25) is 0 Å². The van der Waals surface area contributed by atoms with Gasteiger partial charge in [0.25, 0.3) is 0 Å². The molecule has 5 nitrogen and oxygen atoms in total. The van der Waals surface area contributed by atoms with E-state index < -0.39 is 10.0 Å². The Balaban J connectivity index is 2.09. The first-order valence-electron chi connectivity index (χ1n) is 7.20. The summed E-state index contributed by atoms with van der Waals surface area (Å²) in [6.45, 7) is 5.91. The average Bonchev–Trinajstić information content (AvgIpc) is 2.43. The number of hydrogen-bond acceptors (Lipinski definition) is 4. The summed E-state index contributed by atoms with van der Waals surface area (Å²) in [4.78, 5) is 4.14. The van der Waals surface area contributed by atoms with Crippen LogP contribution in [0.25, 0.3) is 0 Å². The fourth-order valence-corrected chi connectivity index (χ4v) is 3.20. The van der Waals surface area contributed by atoms with E-state index in [9.17, 15) is 8.42 Å². The molecular formula is C16H21N3O2S. The molecule has 2 aromatic rings. The molecule has 118 valence electrons. The molecule has 0 atom stereocenters. The van der Waals surface area contributed by atoms with Crippen LogP contribution in [0.5, 0.6) is 0 Å². The summed E-state index contributed by atoms with van der Waals surface area (Å²) in [5.74, 6) is 0.427. The van der Waals surface area contributed by atoms with Crippen LogP contribution in [0.15, 0.2) is 36.5 Å². The number of pyridine rings is 1. The maximum absolute atomic E-state index is 11.7. The van der Waals surface area contributed by atoms with Crippen LogP contribution in [0, 0.1) is 13.8 Å². The van der Waals surface area contributed by atoms with Gasteiger partial charge in [0.1, 0.15) is 5.82 Å². The monoisotopic (exact) mass is 319 g/mol. The fraction of sp³-hybridized carbons (Fsp3) is 0.312. The number of anilines is 3. The Morgan fingerprint density at radius 3 is 2.50 bits per heavy atom. The Labute approximate surface area is 131 Å². The molecule has 0 saturated heterocycles. The molecular weight excluding hydrogens is 298 g/mol. The topological polar surface area (TPSA) is 71.1 Å². The van der Waals surface area contributed by atoms with E-state index in [0.29, 0.717) is 12.2 Å². The number of hydrogen-bond donors (Lipinski definition) is 2. The van der Waals surface area contributed by atoms with E-state index in [4.69, 9.17) is 0 Å². The molecule has 0 aliphatic rings. The summed E-state index contributed by atoms with van der Waals surface area (Å²) >= 11 is 0. The van der Waals surface area contributed by atoms with Crippen molar-refractivity contribution in [3.05, 3.63) is 47.7 Å². The molecule has 0 aliphatic heterocycles. The molecule has 0 spiro atoms. The van der Waals surface area contributed by atoms with Crippen LogP contribution in [-0.4, -0.2) is 19.2 Å². The van der Waals surface area contributed by atoms with Crippen LogP contribution in [0.4, 0.5) is 17.2 Å². The van der Waals surface area contributed by atoms with E-state index in [2.05, 4.69) is 28.0 Å². The quantitative estimate of drug-likeness (QED) is 0.853. The second-order valence-electron chi connectivity index (χ2n) is 5.30. The first-order chi connectivity index (χ1) is 10.4. The second kappa shape index (κ2) is 6.79. The van der Waals surface area contributed by atoms with E-state index in [1.54, 1.807) is 18.3 Å². The Hall–Kier alpha value is -2.08. The van der Waals surface area contributed by atoms with Crippen molar-refractivity contribution in [3.8, 4) is 0 Å². The number of sulfonamides is 1. The fourth-order valence-electron chi connectivity index (χ4n) is 2.12. The van der Waals surface area contributed by atoms with E-state index in [-0.39, 0.29) is 5.75 Å². The maximum Gasteiger partial charge on any atom is 0.233 e.